The highest BCUT2D eigenvalue weighted by Gasteiger charge is 2.27. The van der Waals surface area contributed by atoms with Crippen LogP contribution in [0.2, 0.25) is 0 Å². The Morgan fingerprint density at radius 3 is 2.35 bits per heavy atom. The van der Waals surface area contributed by atoms with Gasteiger partial charge in [0.25, 0.3) is 0 Å². The summed E-state index contributed by atoms with van der Waals surface area (Å²) in [6.07, 6.45) is 2.73. The summed E-state index contributed by atoms with van der Waals surface area (Å²) in [6, 6.07) is 4.54. The van der Waals surface area contributed by atoms with Crippen molar-refractivity contribution in [1.82, 2.24) is 5.32 Å². The molecule has 1 saturated carbocycles. The summed E-state index contributed by atoms with van der Waals surface area (Å²) in [4.78, 5) is 12.1. The molecule has 1 aliphatic carbocycles. The second-order valence-electron chi connectivity index (χ2n) is 5.87. The van der Waals surface area contributed by atoms with E-state index in [0.29, 0.717) is 6.54 Å². The van der Waals surface area contributed by atoms with Gasteiger partial charge in [0.15, 0.2) is 0 Å². The summed E-state index contributed by atoms with van der Waals surface area (Å²) in [5.74, 6) is 0.272. The molecule has 1 aliphatic rings. The van der Waals surface area contributed by atoms with Crippen LogP contribution in [0.3, 0.4) is 0 Å². The van der Waals surface area contributed by atoms with Gasteiger partial charge in [0.05, 0.1) is 0 Å². The van der Waals surface area contributed by atoms with Crippen LogP contribution < -0.4 is 11.1 Å². The summed E-state index contributed by atoms with van der Waals surface area (Å²) in [7, 11) is 0. The van der Waals surface area contributed by atoms with E-state index < -0.39 is 0 Å². The van der Waals surface area contributed by atoms with E-state index in [4.69, 9.17) is 5.73 Å². The monoisotopic (exact) mass is 296 g/mol. The van der Waals surface area contributed by atoms with Gasteiger partial charge in [0.2, 0.25) is 5.91 Å². The lowest BCUT2D eigenvalue weighted by atomic mass is 9.99. The smallest absolute Gasteiger partial charge is 0.223 e. The fraction of sp³-hybridized carbons (Fsp3) is 0.562. The predicted molar refractivity (Wildman–Crippen MR) is 85.1 cm³/mol. The molecule has 4 heteroatoms. The van der Waals surface area contributed by atoms with Crippen LogP contribution in [0.1, 0.15) is 41.5 Å². The molecule has 0 aliphatic heterocycles. The number of hydrogen-bond donors (Lipinski definition) is 2. The molecule has 0 saturated heterocycles. The predicted octanol–water partition coefficient (Wildman–Crippen LogP) is 2.78. The minimum Gasteiger partial charge on any atom is -0.352 e. The Kier molecular flexibility index (Phi) is 6.03. The third-order valence-electron chi connectivity index (χ3n) is 4.12. The number of halogens is 1. The quantitative estimate of drug-likeness (QED) is 0.901. The third kappa shape index (κ3) is 3.97. The van der Waals surface area contributed by atoms with Gasteiger partial charge in [-0.2, -0.15) is 0 Å². The second kappa shape index (κ2) is 7.09. The SMILES string of the molecule is Cc1cc(C)c(CNC(=O)C2CCC(N)C2)c(C)c1.Cl. The van der Waals surface area contributed by atoms with Gasteiger partial charge in [-0.15, -0.1) is 12.4 Å². The molecule has 2 unspecified atom stereocenters. The van der Waals surface area contributed by atoms with Crippen molar-refractivity contribution in [3.05, 3.63) is 34.4 Å². The molecule has 112 valence electrons. The van der Waals surface area contributed by atoms with Gasteiger partial charge in [-0.05, 0) is 56.7 Å². The summed E-state index contributed by atoms with van der Waals surface area (Å²) in [5, 5.41) is 3.07. The van der Waals surface area contributed by atoms with Crippen LogP contribution in [0.15, 0.2) is 12.1 Å². The molecule has 3 nitrogen and oxygen atoms in total. The van der Waals surface area contributed by atoms with Crippen LogP contribution in [0, 0.1) is 26.7 Å². The van der Waals surface area contributed by atoms with E-state index in [1.807, 2.05) is 0 Å². The van der Waals surface area contributed by atoms with E-state index >= 15 is 0 Å². The standard InChI is InChI=1S/C16H24N2O.ClH/c1-10-6-11(2)15(12(3)7-10)9-18-16(19)13-4-5-14(17)8-13;/h6-7,13-14H,4-5,8-9,17H2,1-3H3,(H,18,19);1H. The number of nitrogens with two attached hydrogens (primary N) is 1. The zero-order chi connectivity index (χ0) is 14.0. The van der Waals surface area contributed by atoms with Gasteiger partial charge in [-0.1, -0.05) is 17.7 Å². The molecule has 0 spiro atoms. The van der Waals surface area contributed by atoms with E-state index in [2.05, 4.69) is 38.2 Å². The molecule has 0 radical (unpaired) electrons. The molecule has 2 rings (SSSR count). The Bertz CT molecular complexity index is 464. The first-order valence-electron chi connectivity index (χ1n) is 7.07. The normalized spacial score (nSPS) is 21.4. The first-order chi connectivity index (χ1) is 8.97. The maximum absolute atomic E-state index is 12.1. The van der Waals surface area contributed by atoms with E-state index in [9.17, 15) is 4.79 Å². The van der Waals surface area contributed by atoms with E-state index in [1.165, 1.54) is 22.3 Å². The molecular weight excluding hydrogens is 272 g/mol. The molecule has 0 aromatic heterocycles. The fourth-order valence-corrected chi connectivity index (χ4v) is 3.06. The first-order valence-corrected chi connectivity index (χ1v) is 7.07. The number of amides is 1. The minimum absolute atomic E-state index is 0. The summed E-state index contributed by atoms with van der Waals surface area (Å²) >= 11 is 0. The lowest BCUT2D eigenvalue weighted by Crippen LogP contribution is -2.30. The highest BCUT2D eigenvalue weighted by Crippen LogP contribution is 2.24. The average molecular weight is 297 g/mol. The molecule has 0 bridgehead atoms. The van der Waals surface area contributed by atoms with Gasteiger partial charge in [-0.3, -0.25) is 4.79 Å². The topological polar surface area (TPSA) is 55.1 Å². The lowest BCUT2D eigenvalue weighted by Gasteiger charge is -2.14. The van der Waals surface area contributed by atoms with Crippen molar-refractivity contribution < 1.29 is 4.79 Å². The van der Waals surface area contributed by atoms with Gasteiger partial charge in [0.1, 0.15) is 0 Å². The Labute approximate surface area is 127 Å². The van der Waals surface area contributed by atoms with E-state index in [-0.39, 0.29) is 30.3 Å². The first kappa shape index (κ1) is 17.0. The maximum atomic E-state index is 12.1. The number of rotatable bonds is 3. The fourth-order valence-electron chi connectivity index (χ4n) is 3.06. The number of benzene rings is 1. The van der Waals surface area contributed by atoms with Gasteiger partial charge in [-0.25, -0.2) is 0 Å². The highest BCUT2D eigenvalue weighted by molar-refractivity contribution is 5.85. The lowest BCUT2D eigenvalue weighted by molar-refractivity contribution is -0.125. The number of carbonyl (C=O) groups is 1. The van der Waals surface area contributed by atoms with Crippen LogP contribution in [-0.2, 0) is 11.3 Å². The van der Waals surface area contributed by atoms with Crippen LogP contribution in [0.4, 0.5) is 0 Å². The maximum Gasteiger partial charge on any atom is 0.223 e. The van der Waals surface area contributed by atoms with Crippen molar-refractivity contribution in [2.45, 2.75) is 52.6 Å². The third-order valence-corrected chi connectivity index (χ3v) is 4.12. The molecule has 1 amide bonds. The molecular formula is C16H25ClN2O. The zero-order valence-corrected chi connectivity index (χ0v) is 13.3. The molecule has 0 heterocycles. The molecule has 1 aromatic carbocycles. The average Bonchev–Trinajstić information content (AvgIpc) is 2.74. The van der Waals surface area contributed by atoms with Crippen molar-refractivity contribution >= 4 is 18.3 Å². The van der Waals surface area contributed by atoms with Gasteiger partial charge in [0, 0.05) is 18.5 Å². The van der Waals surface area contributed by atoms with Crippen molar-refractivity contribution in [2.75, 3.05) is 0 Å². The second-order valence-corrected chi connectivity index (χ2v) is 5.87. The number of hydrogen-bond acceptors (Lipinski definition) is 2. The van der Waals surface area contributed by atoms with Crippen LogP contribution >= 0.6 is 12.4 Å². The summed E-state index contributed by atoms with van der Waals surface area (Å²) < 4.78 is 0. The Hall–Kier alpha value is -1.06. The molecule has 1 aromatic rings. The van der Waals surface area contributed by atoms with Crippen molar-refractivity contribution in [2.24, 2.45) is 11.7 Å². The minimum atomic E-state index is 0. The van der Waals surface area contributed by atoms with Crippen LogP contribution in [0.25, 0.3) is 0 Å². The highest BCUT2D eigenvalue weighted by atomic mass is 35.5. The van der Waals surface area contributed by atoms with Crippen molar-refractivity contribution in [3.63, 3.8) is 0 Å². The molecule has 20 heavy (non-hydrogen) atoms. The Morgan fingerprint density at radius 2 is 1.85 bits per heavy atom. The summed E-state index contributed by atoms with van der Waals surface area (Å²) in [5.41, 5.74) is 10.9. The van der Waals surface area contributed by atoms with E-state index in [0.717, 1.165) is 19.3 Å². The molecule has 3 N–H and O–H groups in total. The van der Waals surface area contributed by atoms with Crippen molar-refractivity contribution in [3.8, 4) is 0 Å². The number of nitrogens with one attached hydrogen (secondary N) is 1. The molecule has 1 fully saturated rings. The van der Waals surface area contributed by atoms with Gasteiger partial charge < -0.3 is 11.1 Å². The number of aryl methyl sites for hydroxylation is 3. The Balaban J connectivity index is 0.00000200. The van der Waals surface area contributed by atoms with Crippen LogP contribution in [-0.4, -0.2) is 11.9 Å². The number of carbonyl (C=O) groups excluding carboxylic acids is 1. The Morgan fingerprint density at radius 1 is 1.25 bits per heavy atom. The summed E-state index contributed by atoms with van der Waals surface area (Å²) in [6.45, 7) is 6.94. The zero-order valence-electron chi connectivity index (χ0n) is 12.5. The van der Waals surface area contributed by atoms with Crippen molar-refractivity contribution in [1.29, 1.82) is 0 Å². The van der Waals surface area contributed by atoms with Crippen LogP contribution in [0.5, 0.6) is 0 Å². The van der Waals surface area contributed by atoms with Gasteiger partial charge >= 0.3 is 0 Å². The van der Waals surface area contributed by atoms with E-state index in [1.54, 1.807) is 0 Å². The molecule has 2 atom stereocenters. The largest absolute Gasteiger partial charge is 0.352 e.